The van der Waals surface area contributed by atoms with Crippen molar-refractivity contribution in [2.75, 3.05) is 34.5 Å². The van der Waals surface area contributed by atoms with Crippen LogP contribution in [0.15, 0.2) is 0 Å². The number of carbonyl (C=O) groups is 3. The molecule has 0 aromatic heterocycles. The first-order valence-electron chi connectivity index (χ1n) is 18.1. The topological polar surface area (TPSA) is 120 Å². The maximum Gasteiger partial charge on any atom is 3.00 e. The van der Waals surface area contributed by atoms with E-state index in [1.165, 1.54) is 170 Å². The summed E-state index contributed by atoms with van der Waals surface area (Å²) in [6.07, 6.45) is 31.3. The smallest absolute Gasteiger partial charge is 0.549 e. The van der Waals surface area contributed by atoms with E-state index < -0.39 is 17.9 Å². The summed E-state index contributed by atoms with van der Waals surface area (Å²) in [5.74, 6) is 0.497. The van der Waals surface area contributed by atoms with Gasteiger partial charge in [-0.2, -0.15) is 35.3 Å². The SMILES string of the molecule is CCCCCCCCCCSCC(=O)[O-].CCCCCCCCCCSCC(=O)[O-].CCCCCCCCCCSCC(=O)[O-].[Sb+3]. The zero-order chi connectivity index (χ0) is 34.1. The van der Waals surface area contributed by atoms with Crippen LogP contribution in [-0.4, -0.2) is 76.9 Å². The van der Waals surface area contributed by atoms with E-state index in [-0.39, 0.29) is 41.7 Å². The van der Waals surface area contributed by atoms with Crippen LogP contribution in [0.5, 0.6) is 0 Å². The van der Waals surface area contributed by atoms with Crippen molar-refractivity contribution in [2.24, 2.45) is 0 Å². The van der Waals surface area contributed by atoms with Crippen LogP contribution in [-0.2, 0) is 14.4 Å². The minimum absolute atomic E-state index is 0. The van der Waals surface area contributed by atoms with Gasteiger partial charge in [0, 0.05) is 17.3 Å². The molecule has 272 valence electrons. The largest absolute Gasteiger partial charge is 3.00 e. The number of thioether (sulfide) groups is 3. The van der Waals surface area contributed by atoms with Gasteiger partial charge in [0.1, 0.15) is 0 Å². The van der Waals surface area contributed by atoms with E-state index in [9.17, 15) is 29.7 Å². The van der Waals surface area contributed by atoms with E-state index >= 15 is 0 Å². The van der Waals surface area contributed by atoms with Crippen molar-refractivity contribution in [2.45, 2.75) is 175 Å². The van der Waals surface area contributed by atoms with Gasteiger partial charge in [-0.25, -0.2) is 0 Å². The quantitative estimate of drug-likeness (QED) is 0.0492. The Hall–Kier alpha value is 0.278. The Morgan fingerprint density at radius 2 is 0.522 bits per heavy atom. The summed E-state index contributed by atoms with van der Waals surface area (Å²) in [5, 5.41) is 30.3. The molecule has 0 bridgehead atoms. The third kappa shape index (κ3) is 63.0. The second kappa shape index (κ2) is 49.7. The van der Waals surface area contributed by atoms with Crippen molar-refractivity contribution in [3.05, 3.63) is 0 Å². The monoisotopic (exact) mass is 814 g/mol. The van der Waals surface area contributed by atoms with Crippen molar-refractivity contribution in [1.82, 2.24) is 0 Å². The Labute approximate surface area is 314 Å². The molecule has 10 heteroatoms. The summed E-state index contributed by atoms with van der Waals surface area (Å²) in [5.41, 5.74) is 0. The van der Waals surface area contributed by atoms with Crippen molar-refractivity contribution in [1.29, 1.82) is 0 Å². The number of carboxylic acid groups (broad SMARTS) is 3. The minimum atomic E-state index is -0.945. The Morgan fingerprint density at radius 3 is 0.696 bits per heavy atom. The Morgan fingerprint density at radius 1 is 0.348 bits per heavy atom. The van der Waals surface area contributed by atoms with Crippen LogP contribution < -0.4 is 15.3 Å². The number of rotatable bonds is 33. The van der Waals surface area contributed by atoms with Crippen molar-refractivity contribution >= 4 is 77.6 Å². The molecule has 0 N–H and O–H groups in total. The maximum atomic E-state index is 10.1. The van der Waals surface area contributed by atoms with Gasteiger partial charge in [0.2, 0.25) is 0 Å². The molecule has 0 aromatic carbocycles. The third-order valence-corrected chi connectivity index (χ3v) is 10.1. The molecule has 0 amide bonds. The predicted octanol–water partition coefficient (Wildman–Crippen LogP) is 7.45. The van der Waals surface area contributed by atoms with Gasteiger partial charge < -0.3 is 29.7 Å². The van der Waals surface area contributed by atoms with Crippen LogP contribution in [0.4, 0.5) is 0 Å². The Kier molecular flexibility index (Phi) is 57.3. The van der Waals surface area contributed by atoms with Gasteiger partial charge in [-0.1, -0.05) is 156 Å². The summed E-state index contributed by atoms with van der Waals surface area (Å²) in [7, 11) is 0. The summed E-state index contributed by atoms with van der Waals surface area (Å²) >= 11 is 4.41. The first kappa shape index (κ1) is 53.1. The molecule has 0 rings (SSSR count). The van der Waals surface area contributed by atoms with Crippen molar-refractivity contribution in [3.63, 3.8) is 0 Å². The average Bonchev–Trinajstić information content (AvgIpc) is 3.00. The van der Waals surface area contributed by atoms with Gasteiger partial charge in [-0.15, -0.1) is 0 Å². The number of hydrogen-bond acceptors (Lipinski definition) is 9. The van der Waals surface area contributed by atoms with E-state index in [2.05, 4.69) is 20.8 Å². The number of carbonyl (C=O) groups excluding carboxylic acids is 3. The number of hydrogen-bond donors (Lipinski definition) is 0. The summed E-state index contributed by atoms with van der Waals surface area (Å²) in [6.45, 7) is 6.69. The fraction of sp³-hybridized carbons (Fsp3) is 0.917. The molecule has 0 saturated heterocycles. The van der Waals surface area contributed by atoms with Crippen LogP contribution in [0.2, 0.25) is 0 Å². The first-order valence-corrected chi connectivity index (χ1v) is 21.6. The van der Waals surface area contributed by atoms with Gasteiger partial charge in [-0.05, 0) is 36.5 Å². The second-order valence-corrected chi connectivity index (χ2v) is 15.0. The fourth-order valence-electron chi connectivity index (χ4n) is 4.48. The van der Waals surface area contributed by atoms with E-state index in [0.717, 1.165) is 36.5 Å². The molecule has 0 atom stereocenters. The second-order valence-electron chi connectivity index (χ2n) is 11.7. The van der Waals surface area contributed by atoms with E-state index in [0.29, 0.717) is 0 Å². The average molecular weight is 816 g/mol. The standard InChI is InChI=1S/3C12H24O2S.Sb/c3*1-2-3-4-5-6-7-8-9-10-15-11-12(13)14;/h3*2-11H2,1H3,(H,13,14);/q;;;+3/p-3. The molecule has 0 unspecified atom stereocenters. The van der Waals surface area contributed by atoms with E-state index in [1.807, 2.05) is 0 Å². The molecule has 0 heterocycles. The third-order valence-electron chi connectivity index (χ3n) is 7.09. The fourth-order valence-corrected chi connectivity index (χ4v) is 6.64. The summed E-state index contributed by atoms with van der Waals surface area (Å²) in [4.78, 5) is 30.3. The first-order chi connectivity index (χ1) is 21.8. The van der Waals surface area contributed by atoms with Crippen LogP contribution >= 0.6 is 35.3 Å². The molecule has 2 radical (unpaired) electrons. The normalized spacial score (nSPS) is 10.2. The molecule has 0 spiro atoms. The molecule has 6 nitrogen and oxygen atoms in total. The van der Waals surface area contributed by atoms with Crippen molar-refractivity contribution in [3.8, 4) is 0 Å². The molecular weight excluding hydrogens is 746 g/mol. The molecule has 0 aromatic rings. The zero-order valence-electron chi connectivity index (χ0n) is 29.8. The zero-order valence-corrected chi connectivity index (χ0v) is 34.8. The predicted molar refractivity (Wildman–Crippen MR) is 201 cm³/mol. The molecule has 0 aliphatic rings. The van der Waals surface area contributed by atoms with Crippen LogP contribution in [0.1, 0.15) is 175 Å². The minimum Gasteiger partial charge on any atom is -0.549 e. The van der Waals surface area contributed by atoms with Gasteiger partial charge in [-0.3, -0.25) is 0 Å². The molecule has 0 aliphatic carbocycles. The Balaban J connectivity index is -0.000000285. The van der Waals surface area contributed by atoms with Gasteiger partial charge in [0.25, 0.3) is 0 Å². The maximum absolute atomic E-state index is 10.1. The Bertz CT molecular complexity index is 533. The summed E-state index contributed by atoms with van der Waals surface area (Å²) < 4.78 is 0. The number of unbranched alkanes of at least 4 members (excludes halogenated alkanes) is 21. The van der Waals surface area contributed by atoms with Gasteiger partial charge in [0.15, 0.2) is 0 Å². The molecule has 0 aliphatic heterocycles. The van der Waals surface area contributed by atoms with E-state index in [1.54, 1.807) is 0 Å². The molecule has 0 fully saturated rings. The summed E-state index contributed by atoms with van der Waals surface area (Å²) in [6, 6.07) is 0. The van der Waals surface area contributed by atoms with Crippen molar-refractivity contribution < 1.29 is 29.7 Å². The van der Waals surface area contributed by atoms with Gasteiger partial charge >= 0.3 is 24.4 Å². The van der Waals surface area contributed by atoms with Crippen LogP contribution in [0.25, 0.3) is 0 Å². The van der Waals surface area contributed by atoms with Crippen LogP contribution in [0, 0.1) is 0 Å². The van der Waals surface area contributed by atoms with Crippen LogP contribution in [0.3, 0.4) is 0 Å². The molecule has 0 saturated carbocycles. The molecule has 46 heavy (non-hydrogen) atoms. The number of carboxylic acids is 3. The molecular formula is C36H69O6S3Sb. The number of aliphatic carboxylic acids is 3. The van der Waals surface area contributed by atoms with Gasteiger partial charge in [0.05, 0.1) is 17.9 Å². The van der Waals surface area contributed by atoms with E-state index in [4.69, 9.17) is 0 Å².